The number of carboxylic acid groups (broad SMARTS) is 2. The van der Waals surface area contributed by atoms with Crippen molar-refractivity contribution in [1.29, 1.82) is 5.41 Å². The number of nitrogens with two attached hydrogens (primary N) is 1. The number of nitrogens with one attached hydrogen (secondary N) is 1. The number of aliphatic carboxylic acids is 1. The second kappa shape index (κ2) is 28.6. The summed E-state index contributed by atoms with van der Waals surface area (Å²) >= 11 is 20.1. The molecular formula is C25H25Br5N8O8S4. The maximum absolute atomic E-state index is 11.2. The topological polar surface area (TPSA) is 262 Å². The molecule has 3 aromatic rings. The van der Waals surface area contributed by atoms with Gasteiger partial charge in [-0.2, -0.15) is 0 Å². The number of aromatic nitrogens is 6. The van der Waals surface area contributed by atoms with Crippen LogP contribution in [0.25, 0.3) is 0 Å². The van der Waals surface area contributed by atoms with E-state index >= 15 is 0 Å². The smallest absolute Gasteiger partial charge is 0.358 e. The number of aldehydes is 2. The summed E-state index contributed by atoms with van der Waals surface area (Å²) in [5.74, 6) is -2.70. The van der Waals surface area contributed by atoms with E-state index in [2.05, 4.69) is 114 Å². The van der Waals surface area contributed by atoms with Crippen molar-refractivity contribution in [2.45, 2.75) is 15.5 Å². The Morgan fingerprint density at radius 2 is 1.20 bits per heavy atom. The summed E-state index contributed by atoms with van der Waals surface area (Å²) in [6.45, 7) is 0. The number of amidine groups is 1. The van der Waals surface area contributed by atoms with Crippen LogP contribution in [-0.4, -0.2) is 108 Å². The van der Waals surface area contributed by atoms with E-state index in [0.29, 0.717) is 47.2 Å². The average Bonchev–Trinajstić information content (AvgIpc) is 3.12. The molecule has 0 amide bonds. The Kier molecular flexibility index (Phi) is 28.6. The molecule has 0 aliphatic carbocycles. The summed E-state index contributed by atoms with van der Waals surface area (Å²) in [5.41, 5.74) is 5.48. The molecule has 0 spiro atoms. The predicted octanol–water partition coefficient (Wildman–Crippen LogP) is 6.69. The molecule has 0 atom stereocenters. The van der Waals surface area contributed by atoms with E-state index in [4.69, 9.17) is 21.4 Å². The number of hydrogen-bond acceptors (Lipinski definition) is 17. The van der Waals surface area contributed by atoms with E-state index in [1.54, 1.807) is 18.7 Å². The van der Waals surface area contributed by atoms with Gasteiger partial charge in [-0.3, -0.25) is 15.0 Å². The van der Waals surface area contributed by atoms with Crippen LogP contribution in [0, 0.1) is 5.41 Å². The Morgan fingerprint density at radius 1 is 0.800 bits per heavy atom. The van der Waals surface area contributed by atoms with Crippen molar-refractivity contribution in [1.82, 2.24) is 29.9 Å². The minimum Gasteiger partial charge on any atom is -0.477 e. The van der Waals surface area contributed by atoms with Crippen LogP contribution in [-0.2, 0) is 14.3 Å². The van der Waals surface area contributed by atoms with Crippen LogP contribution in [0.2, 0.25) is 0 Å². The summed E-state index contributed by atoms with van der Waals surface area (Å²) < 4.78 is 5.94. The van der Waals surface area contributed by atoms with Crippen molar-refractivity contribution < 1.29 is 38.9 Å². The Morgan fingerprint density at radius 3 is 1.52 bits per heavy atom. The Hall–Kier alpha value is -2.00. The highest BCUT2D eigenvalue weighted by Gasteiger charge is 2.13. The number of aromatic carboxylic acids is 1. The summed E-state index contributed by atoms with van der Waals surface area (Å²) in [5, 5.41) is 25.1. The number of nitrogens with zero attached hydrogens (tertiary/aromatic N) is 6. The fourth-order valence-corrected chi connectivity index (χ4v) is 4.28. The number of ether oxygens (including phenoxy) is 1. The standard InChI is InChI=1S/C7H7BrN2O2S.C6H5BrN2O2S.C6H5BrN2OS.C4H2Br2O3.C2H6N2S/c1-12-6(11)5-4(8)3-9-7(10-5)13-2;1-12-6-8-2-3(7)4(9-6)5(10)11;1-11-6-8-2-4(7)5(3-10)9-6;5-2(1-7)3(6)4(8)9;1-5-2(3)4/h3H,1-2H3;2H,1H3,(H,10,11);2-3H,1H3;1H,(H,8,9);1H3,(H3,3,4)/b;;;3-2-;. The van der Waals surface area contributed by atoms with Crippen LogP contribution < -0.4 is 5.73 Å². The van der Waals surface area contributed by atoms with Crippen molar-refractivity contribution >= 4 is 162 Å². The molecule has 50 heavy (non-hydrogen) atoms. The number of allylic oxidation sites excluding steroid dienone is 1. The largest absolute Gasteiger partial charge is 0.477 e. The van der Waals surface area contributed by atoms with E-state index in [1.165, 1.54) is 66.6 Å². The SMILES string of the molecule is COC(=O)c1nc(SC)ncc1Br.CSC(=N)N.CSc1ncc(Br)c(C(=O)O)n1.CSc1ncc(Br)c(C=O)n1.O=C/C(Br)=C(/Br)C(=O)O. The van der Waals surface area contributed by atoms with Gasteiger partial charge in [-0.05, 0) is 105 Å². The Balaban J connectivity index is 0. The minimum absolute atomic E-state index is 0.00463. The predicted molar refractivity (Wildman–Crippen MR) is 212 cm³/mol. The van der Waals surface area contributed by atoms with Gasteiger partial charge >= 0.3 is 17.9 Å². The van der Waals surface area contributed by atoms with Gasteiger partial charge < -0.3 is 20.7 Å². The van der Waals surface area contributed by atoms with E-state index in [0.717, 1.165) is 0 Å². The van der Waals surface area contributed by atoms with Crippen LogP contribution in [0.1, 0.15) is 31.5 Å². The van der Waals surface area contributed by atoms with Gasteiger partial charge in [0, 0.05) is 18.6 Å². The highest BCUT2D eigenvalue weighted by atomic mass is 79.9. The zero-order valence-electron chi connectivity index (χ0n) is 26.0. The van der Waals surface area contributed by atoms with E-state index in [1.807, 2.05) is 12.5 Å². The molecule has 0 aliphatic heterocycles. The molecule has 3 heterocycles. The Labute approximate surface area is 344 Å². The minimum atomic E-state index is -1.17. The van der Waals surface area contributed by atoms with Crippen molar-refractivity contribution in [2.24, 2.45) is 5.73 Å². The van der Waals surface area contributed by atoms with Crippen LogP contribution in [0.3, 0.4) is 0 Å². The third-order valence-electron chi connectivity index (χ3n) is 4.15. The zero-order valence-corrected chi connectivity index (χ0v) is 37.2. The molecule has 0 radical (unpaired) electrons. The average molecular weight is 1090 g/mol. The number of carboxylic acids is 2. The molecule has 3 aromatic heterocycles. The molecule has 272 valence electrons. The van der Waals surface area contributed by atoms with Gasteiger partial charge in [0.2, 0.25) is 0 Å². The first kappa shape index (κ1) is 50.1. The zero-order chi connectivity index (χ0) is 39.0. The monoisotopic (exact) mass is 1090 g/mol. The molecule has 0 saturated heterocycles. The van der Waals surface area contributed by atoms with Crippen LogP contribution in [0.5, 0.6) is 0 Å². The lowest BCUT2D eigenvalue weighted by molar-refractivity contribution is -0.131. The van der Waals surface area contributed by atoms with Crippen LogP contribution in [0.4, 0.5) is 0 Å². The van der Waals surface area contributed by atoms with Crippen molar-refractivity contribution in [3.05, 3.63) is 58.1 Å². The van der Waals surface area contributed by atoms with E-state index in [9.17, 15) is 24.0 Å². The number of rotatable bonds is 8. The molecule has 0 saturated carbocycles. The molecule has 0 fully saturated rings. The number of thioether (sulfide) groups is 4. The fourth-order valence-electron chi connectivity index (χ4n) is 1.99. The molecule has 0 bridgehead atoms. The van der Waals surface area contributed by atoms with Gasteiger partial charge in [0.15, 0.2) is 44.6 Å². The molecule has 3 rings (SSSR count). The summed E-state index contributed by atoms with van der Waals surface area (Å²) in [6, 6.07) is 0. The number of halogens is 5. The maximum atomic E-state index is 11.2. The highest BCUT2D eigenvalue weighted by molar-refractivity contribution is 9.14. The van der Waals surface area contributed by atoms with Gasteiger partial charge in [-0.15, -0.1) is 0 Å². The lowest BCUT2D eigenvalue weighted by Gasteiger charge is -2.01. The van der Waals surface area contributed by atoms with Gasteiger partial charge in [0.1, 0.15) is 10.2 Å². The van der Waals surface area contributed by atoms with Crippen molar-refractivity contribution in [3.63, 3.8) is 0 Å². The van der Waals surface area contributed by atoms with Crippen molar-refractivity contribution in [2.75, 3.05) is 32.1 Å². The van der Waals surface area contributed by atoms with E-state index < -0.39 is 17.9 Å². The number of carbonyl (C=O) groups is 5. The molecule has 0 aromatic carbocycles. The van der Waals surface area contributed by atoms with Gasteiger partial charge in [0.25, 0.3) is 0 Å². The van der Waals surface area contributed by atoms with Gasteiger partial charge in [0.05, 0.1) is 25.0 Å². The maximum Gasteiger partial charge on any atom is 0.358 e. The normalized spacial score (nSPS) is 9.96. The second-order valence-corrected chi connectivity index (χ2v) is 14.6. The van der Waals surface area contributed by atoms with Crippen LogP contribution in [0.15, 0.2) is 56.4 Å². The van der Waals surface area contributed by atoms with Gasteiger partial charge in [-0.25, -0.2) is 44.3 Å². The van der Waals surface area contributed by atoms with Crippen LogP contribution >= 0.6 is 127 Å². The van der Waals surface area contributed by atoms with Gasteiger partial charge in [-0.1, -0.05) is 47.0 Å². The molecule has 5 N–H and O–H groups in total. The third kappa shape index (κ3) is 20.8. The Bertz CT molecular complexity index is 1680. The fraction of sp³-hybridized carbons (Fsp3) is 0.200. The molecule has 25 heteroatoms. The number of methoxy groups -OCH3 is 1. The summed E-state index contributed by atoms with van der Waals surface area (Å²) in [6.07, 6.45) is 12.9. The first-order valence-corrected chi connectivity index (χ1v) is 20.9. The molecule has 0 unspecified atom stereocenters. The van der Waals surface area contributed by atoms with Crippen molar-refractivity contribution in [3.8, 4) is 0 Å². The lowest BCUT2D eigenvalue weighted by Crippen LogP contribution is -2.06. The third-order valence-corrected chi connectivity index (χ3v) is 9.93. The number of hydrogen-bond donors (Lipinski definition) is 4. The molecule has 16 nitrogen and oxygen atoms in total. The lowest BCUT2D eigenvalue weighted by atomic mass is 10.4. The second-order valence-electron chi connectivity index (χ2n) is 7.26. The quantitative estimate of drug-likeness (QED) is 0.0348. The number of carbonyl (C=O) groups excluding carboxylic acids is 3. The summed E-state index contributed by atoms with van der Waals surface area (Å²) in [4.78, 5) is 75.5. The first-order valence-electron chi connectivity index (χ1n) is 12.1. The molecular weight excluding hydrogens is 1070 g/mol. The van der Waals surface area contributed by atoms with E-state index in [-0.39, 0.29) is 25.5 Å². The summed E-state index contributed by atoms with van der Waals surface area (Å²) in [7, 11) is 1.32. The number of esters is 1. The highest BCUT2D eigenvalue weighted by Crippen LogP contribution is 2.19. The first-order chi connectivity index (χ1) is 23.5. The molecule has 0 aliphatic rings.